The molecule has 1 unspecified atom stereocenters. The van der Waals surface area contributed by atoms with Gasteiger partial charge in [-0.25, -0.2) is 4.79 Å². The lowest BCUT2D eigenvalue weighted by Gasteiger charge is -2.15. The number of carboxylic acids is 1. The fourth-order valence-corrected chi connectivity index (χ4v) is 2.96. The van der Waals surface area contributed by atoms with Crippen LogP contribution in [0.5, 0.6) is 0 Å². The summed E-state index contributed by atoms with van der Waals surface area (Å²) in [4.78, 5) is 34.1. The quantitative estimate of drug-likeness (QED) is 0.0952. The Labute approximate surface area is 162 Å². The number of hydrogen-bond acceptors (Lipinski definition) is 6. The third kappa shape index (κ3) is 13.0. The van der Waals surface area contributed by atoms with Crippen LogP contribution in [-0.2, 0) is 19.1 Å². The standard InChI is InChI=1S/C20H35NO6/c1-3-4-5-6-7-8-9-10-11-12-13-14-15-17(27-16(2)22)19(23)18(21-26)20(24)25/h17,26H,3-15H2,1-2H3,(H,24,25)/b21-18+. The van der Waals surface area contributed by atoms with Gasteiger partial charge in [0, 0.05) is 6.92 Å². The summed E-state index contributed by atoms with van der Waals surface area (Å²) in [5, 5.41) is 20.0. The van der Waals surface area contributed by atoms with Crippen molar-refractivity contribution in [2.45, 2.75) is 103 Å². The molecule has 0 amide bonds. The average Bonchev–Trinajstić information content (AvgIpc) is 2.61. The predicted octanol–water partition coefficient (Wildman–Crippen LogP) is 4.49. The largest absolute Gasteiger partial charge is 0.476 e. The second-order valence-corrected chi connectivity index (χ2v) is 6.89. The third-order valence-electron chi connectivity index (χ3n) is 4.46. The highest BCUT2D eigenvalue weighted by atomic mass is 16.5. The van der Waals surface area contributed by atoms with E-state index < -0.39 is 29.5 Å². The van der Waals surface area contributed by atoms with Crippen LogP contribution in [0, 0.1) is 0 Å². The number of esters is 1. The number of hydrogen-bond donors (Lipinski definition) is 2. The molecule has 7 nitrogen and oxygen atoms in total. The Kier molecular flexibility index (Phi) is 15.1. The number of aliphatic carboxylic acids is 1. The van der Waals surface area contributed by atoms with Crippen LogP contribution < -0.4 is 0 Å². The van der Waals surface area contributed by atoms with Crippen molar-refractivity contribution in [3.8, 4) is 0 Å². The number of carbonyl (C=O) groups excluding carboxylic acids is 2. The van der Waals surface area contributed by atoms with Crippen LogP contribution in [0.1, 0.15) is 97.3 Å². The Morgan fingerprint density at radius 2 is 1.30 bits per heavy atom. The normalized spacial score (nSPS) is 12.6. The smallest absolute Gasteiger partial charge is 0.361 e. The molecule has 2 N–H and O–H groups in total. The van der Waals surface area contributed by atoms with Gasteiger partial charge in [0.2, 0.25) is 11.5 Å². The molecule has 156 valence electrons. The minimum atomic E-state index is -1.64. The Balaban J connectivity index is 3.97. The van der Waals surface area contributed by atoms with Gasteiger partial charge in [0.15, 0.2) is 6.10 Å². The number of unbranched alkanes of at least 4 members (excludes halogenated alkanes) is 11. The first-order valence-corrected chi connectivity index (χ1v) is 10.1. The fourth-order valence-electron chi connectivity index (χ4n) is 2.96. The molecule has 0 fully saturated rings. The molecule has 27 heavy (non-hydrogen) atoms. The van der Waals surface area contributed by atoms with E-state index >= 15 is 0 Å². The van der Waals surface area contributed by atoms with E-state index in [1.54, 1.807) is 0 Å². The topological polar surface area (TPSA) is 113 Å². The van der Waals surface area contributed by atoms with Gasteiger partial charge in [0.05, 0.1) is 0 Å². The van der Waals surface area contributed by atoms with E-state index in [9.17, 15) is 14.4 Å². The molecule has 0 aromatic carbocycles. The van der Waals surface area contributed by atoms with Crippen LogP contribution in [0.15, 0.2) is 5.16 Å². The third-order valence-corrected chi connectivity index (χ3v) is 4.46. The Hall–Kier alpha value is -1.92. The van der Waals surface area contributed by atoms with E-state index in [0.29, 0.717) is 6.42 Å². The molecular formula is C20H35NO6. The molecule has 0 aliphatic heterocycles. The molecular weight excluding hydrogens is 350 g/mol. The summed E-state index contributed by atoms with van der Waals surface area (Å²) in [6, 6.07) is 0. The molecule has 0 aromatic rings. The maximum absolute atomic E-state index is 12.0. The fraction of sp³-hybridized carbons (Fsp3) is 0.800. The molecule has 0 aromatic heterocycles. The molecule has 1 atom stereocenters. The summed E-state index contributed by atoms with van der Waals surface area (Å²) < 4.78 is 4.90. The van der Waals surface area contributed by atoms with Gasteiger partial charge in [-0.05, 0) is 12.8 Å². The number of Topliss-reactive ketones (excluding diaryl/α,β-unsaturated/α-hetero) is 1. The second kappa shape index (κ2) is 16.3. The van der Waals surface area contributed by atoms with Gasteiger partial charge in [0.25, 0.3) is 0 Å². The first-order valence-electron chi connectivity index (χ1n) is 10.1. The second-order valence-electron chi connectivity index (χ2n) is 6.89. The van der Waals surface area contributed by atoms with E-state index in [2.05, 4.69) is 12.1 Å². The van der Waals surface area contributed by atoms with Crippen molar-refractivity contribution in [3.63, 3.8) is 0 Å². The molecule has 7 heteroatoms. The van der Waals surface area contributed by atoms with Crippen LogP contribution in [0.25, 0.3) is 0 Å². The van der Waals surface area contributed by atoms with E-state index in [1.807, 2.05) is 0 Å². The van der Waals surface area contributed by atoms with Crippen LogP contribution >= 0.6 is 0 Å². The van der Waals surface area contributed by atoms with E-state index in [-0.39, 0.29) is 6.42 Å². The lowest BCUT2D eigenvalue weighted by atomic mass is 10.0. The lowest BCUT2D eigenvalue weighted by Crippen LogP contribution is -2.36. The first kappa shape index (κ1) is 25.1. The lowest BCUT2D eigenvalue weighted by molar-refractivity contribution is -0.151. The van der Waals surface area contributed by atoms with Gasteiger partial charge in [0.1, 0.15) is 0 Å². The van der Waals surface area contributed by atoms with Gasteiger partial charge < -0.3 is 15.1 Å². The van der Waals surface area contributed by atoms with E-state index in [1.165, 1.54) is 51.4 Å². The zero-order valence-electron chi connectivity index (χ0n) is 16.7. The van der Waals surface area contributed by atoms with Crippen molar-refractivity contribution in [1.82, 2.24) is 0 Å². The number of rotatable bonds is 17. The van der Waals surface area contributed by atoms with Crippen LogP contribution in [-0.4, -0.2) is 39.9 Å². The van der Waals surface area contributed by atoms with E-state index in [4.69, 9.17) is 15.1 Å². The Morgan fingerprint density at radius 3 is 1.67 bits per heavy atom. The minimum absolute atomic E-state index is 0.224. The van der Waals surface area contributed by atoms with Crippen LogP contribution in [0.2, 0.25) is 0 Å². The number of carbonyl (C=O) groups is 3. The molecule has 0 radical (unpaired) electrons. The van der Waals surface area contributed by atoms with E-state index in [0.717, 1.165) is 26.2 Å². The molecule has 0 bridgehead atoms. The molecule has 0 rings (SSSR count). The number of ketones is 1. The molecule has 0 saturated carbocycles. The maximum Gasteiger partial charge on any atom is 0.361 e. The van der Waals surface area contributed by atoms with Crippen molar-refractivity contribution in [3.05, 3.63) is 0 Å². The molecule has 0 heterocycles. The van der Waals surface area contributed by atoms with Gasteiger partial charge in [-0.3, -0.25) is 9.59 Å². The van der Waals surface area contributed by atoms with Crippen molar-refractivity contribution in [2.75, 3.05) is 0 Å². The van der Waals surface area contributed by atoms with Crippen molar-refractivity contribution in [2.24, 2.45) is 5.16 Å². The van der Waals surface area contributed by atoms with Gasteiger partial charge >= 0.3 is 11.9 Å². The number of nitrogens with zero attached hydrogens (tertiary/aromatic N) is 1. The highest BCUT2D eigenvalue weighted by Gasteiger charge is 2.30. The van der Waals surface area contributed by atoms with Gasteiger partial charge in [-0.15, -0.1) is 0 Å². The summed E-state index contributed by atoms with van der Waals surface area (Å²) in [6.45, 7) is 3.37. The molecule has 0 saturated heterocycles. The predicted molar refractivity (Wildman–Crippen MR) is 103 cm³/mol. The molecule has 0 spiro atoms. The SMILES string of the molecule is CCCCCCCCCCCCCCC(OC(C)=O)C(=O)/C(=N\O)C(=O)O. The zero-order valence-corrected chi connectivity index (χ0v) is 16.7. The summed E-state index contributed by atoms with van der Waals surface area (Å²) in [6.07, 6.45) is 13.0. The summed E-state index contributed by atoms with van der Waals surface area (Å²) in [7, 11) is 0. The number of oxime groups is 1. The van der Waals surface area contributed by atoms with Gasteiger partial charge in [-0.2, -0.15) is 0 Å². The summed E-state index contributed by atoms with van der Waals surface area (Å²) >= 11 is 0. The van der Waals surface area contributed by atoms with Crippen molar-refractivity contribution >= 4 is 23.4 Å². The van der Waals surface area contributed by atoms with Crippen molar-refractivity contribution in [1.29, 1.82) is 0 Å². The Morgan fingerprint density at radius 1 is 0.852 bits per heavy atom. The molecule has 0 aliphatic carbocycles. The number of carboxylic acid groups (broad SMARTS) is 1. The minimum Gasteiger partial charge on any atom is -0.476 e. The molecule has 0 aliphatic rings. The van der Waals surface area contributed by atoms with Crippen LogP contribution in [0.4, 0.5) is 0 Å². The van der Waals surface area contributed by atoms with Crippen LogP contribution in [0.3, 0.4) is 0 Å². The van der Waals surface area contributed by atoms with Gasteiger partial charge in [-0.1, -0.05) is 82.7 Å². The zero-order chi connectivity index (χ0) is 20.5. The van der Waals surface area contributed by atoms with Crippen molar-refractivity contribution < 1.29 is 29.4 Å². The monoisotopic (exact) mass is 385 g/mol. The highest BCUT2D eigenvalue weighted by molar-refractivity contribution is 6.64. The summed E-state index contributed by atoms with van der Waals surface area (Å²) in [5.74, 6) is -3.30. The highest BCUT2D eigenvalue weighted by Crippen LogP contribution is 2.14. The first-order chi connectivity index (χ1) is 12.9. The maximum atomic E-state index is 12.0. The summed E-state index contributed by atoms with van der Waals surface area (Å²) in [5.41, 5.74) is -1.01. The average molecular weight is 386 g/mol. The Bertz CT molecular complexity index is 475. The number of ether oxygens (including phenoxy) is 1.